The van der Waals surface area contributed by atoms with Crippen molar-refractivity contribution in [3.63, 3.8) is 0 Å². The molecule has 0 aliphatic carbocycles. The van der Waals surface area contributed by atoms with Crippen molar-refractivity contribution >= 4 is 22.8 Å². The number of aromatic nitrogens is 2. The average Bonchev–Trinajstić information content (AvgIpc) is 3.28. The maximum absolute atomic E-state index is 13.0. The second-order valence-electron chi connectivity index (χ2n) is 7.25. The van der Waals surface area contributed by atoms with Crippen LogP contribution in [-0.2, 0) is 17.9 Å². The monoisotopic (exact) mass is 382 g/mol. The summed E-state index contributed by atoms with van der Waals surface area (Å²) >= 11 is 0. The normalized spacial score (nSPS) is 11.4. The molecule has 28 heavy (non-hydrogen) atoms. The third-order valence-corrected chi connectivity index (χ3v) is 4.58. The standard InChI is InChI=1S/C21H26N4O3/c1-14(2)25(15(3)4)20(26)13-24-17-9-6-5-8-16(17)23-19(24)12-22-21(27)18-10-7-11-28-18/h5-11,14-15H,12-13H2,1-4H3,(H,22,27). The molecule has 0 bridgehead atoms. The Morgan fingerprint density at radius 1 is 1.11 bits per heavy atom. The van der Waals surface area contributed by atoms with E-state index >= 15 is 0 Å². The zero-order chi connectivity index (χ0) is 20.3. The number of nitrogens with one attached hydrogen (secondary N) is 1. The van der Waals surface area contributed by atoms with Crippen molar-refractivity contribution in [2.75, 3.05) is 0 Å². The SMILES string of the molecule is CC(C)N(C(=O)Cn1c(CNC(=O)c2ccco2)nc2ccccc21)C(C)C. The molecule has 2 amide bonds. The van der Waals surface area contributed by atoms with E-state index in [-0.39, 0.29) is 42.7 Å². The van der Waals surface area contributed by atoms with Gasteiger partial charge in [0, 0.05) is 12.1 Å². The number of hydrogen-bond donors (Lipinski definition) is 1. The number of carbonyl (C=O) groups excluding carboxylic acids is 2. The third kappa shape index (κ3) is 4.08. The Labute approximate surface area is 164 Å². The van der Waals surface area contributed by atoms with E-state index < -0.39 is 0 Å². The first-order valence-electron chi connectivity index (χ1n) is 9.45. The molecule has 0 radical (unpaired) electrons. The summed E-state index contributed by atoms with van der Waals surface area (Å²) < 4.78 is 6.99. The van der Waals surface area contributed by atoms with Crippen molar-refractivity contribution in [2.24, 2.45) is 0 Å². The first kappa shape index (κ1) is 19.7. The van der Waals surface area contributed by atoms with Crippen LogP contribution in [0.5, 0.6) is 0 Å². The summed E-state index contributed by atoms with van der Waals surface area (Å²) in [5, 5.41) is 2.81. The summed E-state index contributed by atoms with van der Waals surface area (Å²) in [6.07, 6.45) is 1.45. The summed E-state index contributed by atoms with van der Waals surface area (Å²) in [6, 6.07) is 11.1. The van der Waals surface area contributed by atoms with Crippen LogP contribution >= 0.6 is 0 Å². The van der Waals surface area contributed by atoms with Crippen molar-refractivity contribution in [1.29, 1.82) is 0 Å². The summed E-state index contributed by atoms with van der Waals surface area (Å²) in [5.74, 6) is 0.569. The largest absolute Gasteiger partial charge is 0.459 e. The first-order valence-corrected chi connectivity index (χ1v) is 9.45. The lowest BCUT2D eigenvalue weighted by Crippen LogP contribution is -2.44. The van der Waals surface area contributed by atoms with Gasteiger partial charge >= 0.3 is 0 Å². The summed E-state index contributed by atoms with van der Waals surface area (Å²) in [4.78, 5) is 31.7. The fourth-order valence-corrected chi connectivity index (χ4v) is 3.48. The van der Waals surface area contributed by atoms with Gasteiger partial charge in [-0.2, -0.15) is 0 Å². The average molecular weight is 382 g/mol. The number of rotatable bonds is 7. The predicted molar refractivity (Wildman–Crippen MR) is 107 cm³/mol. The maximum Gasteiger partial charge on any atom is 0.287 e. The minimum absolute atomic E-state index is 0.0202. The number of para-hydroxylation sites is 2. The van der Waals surface area contributed by atoms with Gasteiger partial charge in [-0.15, -0.1) is 0 Å². The molecule has 2 heterocycles. The van der Waals surface area contributed by atoms with Crippen molar-refractivity contribution in [3.05, 3.63) is 54.2 Å². The molecule has 0 saturated heterocycles. The van der Waals surface area contributed by atoms with Crippen LogP contribution in [0, 0.1) is 0 Å². The van der Waals surface area contributed by atoms with E-state index in [4.69, 9.17) is 4.42 Å². The van der Waals surface area contributed by atoms with Crippen LogP contribution in [-0.4, -0.2) is 38.3 Å². The van der Waals surface area contributed by atoms with Gasteiger partial charge in [0.1, 0.15) is 12.4 Å². The number of furan rings is 1. The second-order valence-corrected chi connectivity index (χ2v) is 7.25. The molecule has 0 aliphatic heterocycles. The van der Waals surface area contributed by atoms with E-state index in [1.807, 2.05) is 61.4 Å². The lowest BCUT2D eigenvalue weighted by atomic mass is 10.2. The van der Waals surface area contributed by atoms with Crippen molar-refractivity contribution in [1.82, 2.24) is 19.8 Å². The summed E-state index contributed by atoms with van der Waals surface area (Å²) in [5.41, 5.74) is 1.66. The smallest absolute Gasteiger partial charge is 0.287 e. The van der Waals surface area contributed by atoms with E-state index in [1.165, 1.54) is 6.26 Å². The molecule has 0 spiro atoms. The van der Waals surface area contributed by atoms with Gasteiger partial charge in [-0.3, -0.25) is 9.59 Å². The van der Waals surface area contributed by atoms with Gasteiger partial charge in [0.25, 0.3) is 5.91 Å². The summed E-state index contributed by atoms with van der Waals surface area (Å²) in [6.45, 7) is 8.40. The Balaban J connectivity index is 1.86. The zero-order valence-corrected chi connectivity index (χ0v) is 16.7. The fraction of sp³-hybridized carbons (Fsp3) is 0.381. The maximum atomic E-state index is 13.0. The lowest BCUT2D eigenvalue weighted by molar-refractivity contribution is -0.135. The molecule has 1 N–H and O–H groups in total. The molecule has 2 aromatic heterocycles. The number of carbonyl (C=O) groups is 2. The summed E-state index contributed by atoms with van der Waals surface area (Å²) in [7, 11) is 0. The fourth-order valence-electron chi connectivity index (χ4n) is 3.48. The Kier molecular flexibility index (Phi) is 5.82. The Morgan fingerprint density at radius 2 is 1.82 bits per heavy atom. The number of fused-ring (bicyclic) bond motifs is 1. The number of hydrogen-bond acceptors (Lipinski definition) is 4. The molecule has 7 nitrogen and oxygen atoms in total. The van der Waals surface area contributed by atoms with E-state index in [2.05, 4.69) is 10.3 Å². The van der Waals surface area contributed by atoms with Gasteiger partial charge in [0.05, 0.1) is 23.8 Å². The van der Waals surface area contributed by atoms with Crippen LogP contribution in [0.2, 0.25) is 0 Å². The third-order valence-electron chi connectivity index (χ3n) is 4.58. The second kappa shape index (κ2) is 8.29. The van der Waals surface area contributed by atoms with E-state index in [1.54, 1.807) is 12.1 Å². The molecular weight excluding hydrogens is 356 g/mol. The Bertz CT molecular complexity index is 949. The van der Waals surface area contributed by atoms with Crippen LogP contribution in [0.3, 0.4) is 0 Å². The van der Waals surface area contributed by atoms with E-state index in [9.17, 15) is 9.59 Å². The van der Waals surface area contributed by atoms with Gasteiger partial charge < -0.3 is 19.2 Å². The van der Waals surface area contributed by atoms with Crippen molar-refractivity contribution < 1.29 is 14.0 Å². The minimum atomic E-state index is -0.319. The van der Waals surface area contributed by atoms with E-state index in [0.29, 0.717) is 5.82 Å². The van der Waals surface area contributed by atoms with Gasteiger partial charge in [0.15, 0.2) is 5.76 Å². The minimum Gasteiger partial charge on any atom is -0.459 e. The highest BCUT2D eigenvalue weighted by molar-refractivity contribution is 5.91. The predicted octanol–water partition coefficient (Wildman–Crippen LogP) is 3.20. The van der Waals surface area contributed by atoms with Gasteiger partial charge in [-0.05, 0) is 52.0 Å². The highest BCUT2D eigenvalue weighted by atomic mass is 16.3. The quantitative estimate of drug-likeness (QED) is 0.680. The number of nitrogens with zero attached hydrogens (tertiary/aromatic N) is 3. The van der Waals surface area contributed by atoms with Crippen molar-refractivity contribution in [3.8, 4) is 0 Å². The highest BCUT2D eigenvalue weighted by Crippen LogP contribution is 2.18. The van der Waals surface area contributed by atoms with Gasteiger partial charge in [0.2, 0.25) is 5.91 Å². The zero-order valence-electron chi connectivity index (χ0n) is 16.7. The first-order chi connectivity index (χ1) is 13.4. The van der Waals surface area contributed by atoms with Crippen molar-refractivity contribution in [2.45, 2.75) is 52.9 Å². The van der Waals surface area contributed by atoms with Gasteiger partial charge in [-0.1, -0.05) is 12.1 Å². The molecule has 0 unspecified atom stereocenters. The number of amides is 2. The topological polar surface area (TPSA) is 80.4 Å². The molecule has 0 saturated carbocycles. The van der Waals surface area contributed by atoms with Crippen LogP contribution in [0.1, 0.15) is 44.1 Å². The van der Waals surface area contributed by atoms with E-state index in [0.717, 1.165) is 11.0 Å². The molecule has 148 valence electrons. The molecule has 1 aromatic carbocycles. The van der Waals surface area contributed by atoms with Crippen LogP contribution in [0.15, 0.2) is 47.1 Å². The molecule has 0 fully saturated rings. The Morgan fingerprint density at radius 3 is 2.46 bits per heavy atom. The molecule has 0 atom stereocenters. The molecule has 3 rings (SSSR count). The van der Waals surface area contributed by atoms with Crippen LogP contribution in [0.4, 0.5) is 0 Å². The Hall–Kier alpha value is -3.09. The molecule has 0 aliphatic rings. The number of benzene rings is 1. The van der Waals surface area contributed by atoms with Crippen LogP contribution < -0.4 is 5.32 Å². The molecule has 3 aromatic rings. The van der Waals surface area contributed by atoms with Crippen LogP contribution in [0.25, 0.3) is 11.0 Å². The molecule has 7 heteroatoms. The lowest BCUT2D eigenvalue weighted by Gasteiger charge is -2.31. The highest BCUT2D eigenvalue weighted by Gasteiger charge is 2.22. The molecular formula is C21H26N4O3. The van der Waals surface area contributed by atoms with Gasteiger partial charge in [-0.25, -0.2) is 4.98 Å². The number of imidazole rings is 1.